The Kier molecular flexibility index (Phi) is 4.76. The summed E-state index contributed by atoms with van der Waals surface area (Å²) in [5.74, 6) is 0.706. The van der Waals surface area contributed by atoms with Crippen molar-refractivity contribution in [3.05, 3.63) is 60.7 Å². The van der Waals surface area contributed by atoms with Crippen molar-refractivity contribution in [3.8, 4) is 22.8 Å². The lowest BCUT2D eigenvalue weighted by atomic mass is 10.1. The highest BCUT2D eigenvalue weighted by Gasteiger charge is 2.21. The quantitative estimate of drug-likeness (QED) is 0.526. The summed E-state index contributed by atoms with van der Waals surface area (Å²) in [6, 6.07) is 14.0. The van der Waals surface area contributed by atoms with Gasteiger partial charge in [0.15, 0.2) is 17.2 Å². The van der Waals surface area contributed by atoms with E-state index in [2.05, 4.69) is 15.3 Å². The number of rotatable bonds is 5. The van der Waals surface area contributed by atoms with Crippen molar-refractivity contribution in [1.29, 1.82) is 0 Å². The average molecular weight is 404 g/mol. The van der Waals surface area contributed by atoms with Gasteiger partial charge in [-0.05, 0) is 55.8 Å². The number of aromatic nitrogens is 4. The largest absolute Gasteiger partial charge is 0.454 e. The van der Waals surface area contributed by atoms with Crippen molar-refractivity contribution in [2.75, 3.05) is 12.3 Å². The van der Waals surface area contributed by atoms with Crippen LogP contribution in [0.5, 0.6) is 11.5 Å². The molecule has 8 heteroatoms. The number of benzene rings is 2. The molecule has 2 aromatic heterocycles. The molecule has 152 valence electrons. The third-order valence-electron chi connectivity index (χ3n) is 5.31. The van der Waals surface area contributed by atoms with Crippen LogP contribution in [0.3, 0.4) is 0 Å². The van der Waals surface area contributed by atoms with E-state index in [4.69, 9.17) is 15.6 Å². The van der Waals surface area contributed by atoms with E-state index in [-0.39, 0.29) is 5.75 Å². The average Bonchev–Trinajstić information content (AvgIpc) is 3.40. The highest BCUT2D eigenvalue weighted by molar-refractivity contribution is 5.98. The van der Waals surface area contributed by atoms with Crippen LogP contribution >= 0.6 is 0 Å². The van der Waals surface area contributed by atoms with E-state index in [1.165, 1.54) is 12.4 Å². The second-order valence-electron chi connectivity index (χ2n) is 7.34. The maximum absolute atomic E-state index is 13.8. The first-order valence-corrected chi connectivity index (χ1v) is 9.92. The summed E-state index contributed by atoms with van der Waals surface area (Å²) in [6.07, 6.45) is 3.74. The van der Waals surface area contributed by atoms with Crippen LogP contribution in [0, 0.1) is 5.82 Å². The van der Waals surface area contributed by atoms with Gasteiger partial charge < -0.3 is 15.8 Å². The molecule has 3 heterocycles. The first-order chi connectivity index (χ1) is 14.7. The number of ether oxygens (including phenoxy) is 1. The third kappa shape index (κ3) is 3.46. The van der Waals surface area contributed by atoms with Gasteiger partial charge in [0.2, 0.25) is 0 Å². The minimum atomic E-state index is -0.406. The molecule has 2 aromatic carbocycles. The Morgan fingerprint density at radius 1 is 1.13 bits per heavy atom. The number of hydrogen-bond acceptors (Lipinski definition) is 6. The van der Waals surface area contributed by atoms with Gasteiger partial charge in [-0.15, -0.1) is 0 Å². The fraction of sp³-hybridized carbons (Fsp3) is 0.227. The highest BCUT2D eigenvalue weighted by atomic mass is 19.1. The SMILES string of the molecule is Nc1ncnc2c1c(-c1ccc(Oc3ccccc3F)cc1)nn2C[C@H]1CCCN1. The molecule has 0 aliphatic carbocycles. The van der Waals surface area contributed by atoms with Crippen LogP contribution in [0.4, 0.5) is 10.2 Å². The van der Waals surface area contributed by atoms with E-state index in [0.717, 1.165) is 48.2 Å². The second kappa shape index (κ2) is 7.72. The number of nitrogens with two attached hydrogens (primary N) is 1. The summed E-state index contributed by atoms with van der Waals surface area (Å²) in [4.78, 5) is 8.58. The topological polar surface area (TPSA) is 90.9 Å². The lowest BCUT2D eigenvalue weighted by molar-refractivity contribution is 0.442. The fourth-order valence-electron chi connectivity index (χ4n) is 3.82. The maximum Gasteiger partial charge on any atom is 0.165 e. The second-order valence-corrected chi connectivity index (χ2v) is 7.34. The Labute approximate surface area is 172 Å². The summed E-state index contributed by atoms with van der Waals surface area (Å²) in [6.45, 7) is 1.75. The molecule has 1 atom stereocenters. The Morgan fingerprint density at radius 2 is 1.97 bits per heavy atom. The predicted octanol–water partition coefficient (Wildman–Crippen LogP) is 3.76. The monoisotopic (exact) mass is 404 g/mol. The summed E-state index contributed by atoms with van der Waals surface area (Å²) >= 11 is 0. The molecular formula is C22H21FN6O. The normalized spacial score (nSPS) is 16.2. The molecule has 0 radical (unpaired) electrons. The van der Waals surface area contributed by atoms with E-state index in [9.17, 15) is 4.39 Å². The van der Waals surface area contributed by atoms with Gasteiger partial charge in [-0.3, -0.25) is 0 Å². The van der Waals surface area contributed by atoms with Gasteiger partial charge in [0.25, 0.3) is 0 Å². The van der Waals surface area contributed by atoms with Crippen molar-refractivity contribution < 1.29 is 9.13 Å². The molecule has 0 unspecified atom stereocenters. The number of para-hydroxylation sites is 1. The van der Waals surface area contributed by atoms with Gasteiger partial charge in [0.1, 0.15) is 23.6 Å². The number of hydrogen-bond donors (Lipinski definition) is 2. The van der Waals surface area contributed by atoms with E-state index in [1.54, 1.807) is 30.3 Å². The van der Waals surface area contributed by atoms with Gasteiger partial charge in [-0.2, -0.15) is 5.10 Å². The molecule has 0 amide bonds. The van der Waals surface area contributed by atoms with Gasteiger partial charge >= 0.3 is 0 Å². The number of anilines is 1. The predicted molar refractivity (Wildman–Crippen MR) is 113 cm³/mol. The van der Waals surface area contributed by atoms with Crippen LogP contribution in [0.25, 0.3) is 22.3 Å². The summed E-state index contributed by atoms with van der Waals surface area (Å²) in [5, 5.41) is 9.03. The van der Waals surface area contributed by atoms with Crippen molar-refractivity contribution in [2.45, 2.75) is 25.4 Å². The smallest absolute Gasteiger partial charge is 0.165 e. The van der Waals surface area contributed by atoms with Crippen LogP contribution in [0.2, 0.25) is 0 Å². The molecule has 0 bridgehead atoms. The van der Waals surface area contributed by atoms with E-state index in [0.29, 0.717) is 17.6 Å². The Bertz CT molecular complexity index is 1180. The number of fused-ring (bicyclic) bond motifs is 1. The molecule has 1 saturated heterocycles. The Morgan fingerprint density at radius 3 is 2.73 bits per heavy atom. The van der Waals surface area contributed by atoms with Gasteiger partial charge in [0, 0.05) is 11.6 Å². The first-order valence-electron chi connectivity index (χ1n) is 9.92. The van der Waals surface area contributed by atoms with Crippen molar-refractivity contribution in [3.63, 3.8) is 0 Å². The van der Waals surface area contributed by atoms with E-state index < -0.39 is 5.82 Å². The molecule has 7 nitrogen and oxygen atoms in total. The minimum absolute atomic E-state index is 0.182. The fourth-order valence-corrected chi connectivity index (χ4v) is 3.82. The zero-order chi connectivity index (χ0) is 20.5. The number of nitrogens with one attached hydrogen (secondary N) is 1. The number of nitrogens with zero attached hydrogens (tertiary/aromatic N) is 4. The van der Waals surface area contributed by atoms with Crippen molar-refractivity contribution in [1.82, 2.24) is 25.1 Å². The molecule has 1 aliphatic rings. The number of halogens is 1. The van der Waals surface area contributed by atoms with Gasteiger partial charge in [-0.1, -0.05) is 12.1 Å². The molecule has 3 N–H and O–H groups in total. The summed E-state index contributed by atoms with van der Waals surface area (Å²) in [7, 11) is 0. The Balaban J connectivity index is 1.49. The Hall–Kier alpha value is -3.52. The van der Waals surface area contributed by atoms with Crippen molar-refractivity contribution in [2.24, 2.45) is 0 Å². The molecule has 1 fully saturated rings. The zero-order valence-electron chi connectivity index (χ0n) is 16.3. The highest BCUT2D eigenvalue weighted by Crippen LogP contribution is 2.32. The molecule has 5 rings (SSSR count). The standard InChI is InChI=1S/C22H21FN6O/c23-17-5-1-2-6-18(17)30-16-9-7-14(8-10-16)20-19-21(24)26-13-27-22(19)29(28-20)12-15-4-3-11-25-15/h1-2,5-10,13,15,25H,3-4,11-12H2,(H2,24,26,27)/t15-/m1/s1. The molecule has 0 spiro atoms. The van der Waals surface area contributed by atoms with E-state index >= 15 is 0 Å². The minimum Gasteiger partial charge on any atom is -0.454 e. The van der Waals surface area contributed by atoms with Gasteiger partial charge in [-0.25, -0.2) is 19.0 Å². The third-order valence-corrected chi connectivity index (χ3v) is 5.31. The molecule has 0 saturated carbocycles. The lowest BCUT2D eigenvalue weighted by Gasteiger charge is -2.10. The maximum atomic E-state index is 13.8. The van der Waals surface area contributed by atoms with Crippen LogP contribution < -0.4 is 15.8 Å². The lowest BCUT2D eigenvalue weighted by Crippen LogP contribution is -2.27. The molecule has 30 heavy (non-hydrogen) atoms. The van der Waals surface area contributed by atoms with Crippen molar-refractivity contribution >= 4 is 16.9 Å². The van der Waals surface area contributed by atoms with Gasteiger partial charge in [0.05, 0.1) is 11.9 Å². The summed E-state index contributed by atoms with van der Waals surface area (Å²) in [5.41, 5.74) is 8.48. The molecule has 1 aliphatic heterocycles. The molecule has 4 aromatic rings. The van der Waals surface area contributed by atoms with E-state index in [1.807, 2.05) is 16.8 Å². The number of nitrogen functional groups attached to an aromatic ring is 1. The van der Waals surface area contributed by atoms with Crippen LogP contribution in [-0.2, 0) is 6.54 Å². The summed E-state index contributed by atoms with van der Waals surface area (Å²) < 4.78 is 21.4. The van der Waals surface area contributed by atoms with Crippen LogP contribution in [-0.4, -0.2) is 32.3 Å². The molecular weight excluding hydrogens is 383 g/mol. The van der Waals surface area contributed by atoms with Crippen LogP contribution in [0.1, 0.15) is 12.8 Å². The first kappa shape index (κ1) is 18.5. The van der Waals surface area contributed by atoms with Crippen LogP contribution in [0.15, 0.2) is 54.9 Å². The zero-order valence-corrected chi connectivity index (χ0v) is 16.3.